The Labute approximate surface area is 97.5 Å². The SMILES string of the molecule is CCc1ccc(-c2nccc(Br)n2)cc1. The van der Waals surface area contributed by atoms with Gasteiger partial charge in [-0.2, -0.15) is 0 Å². The van der Waals surface area contributed by atoms with Crippen molar-refractivity contribution in [3.63, 3.8) is 0 Å². The molecule has 0 atom stereocenters. The van der Waals surface area contributed by atoms with Crippen LogP contribution in [-0.4, -0.2) is 9.97 Å². The molecule has 0 radical (unpaired) electrons. The van der Waals surface area contributed by atoms with Crippen LogP contribution >= 0.6 is 15.9 Å². The first-order valence-corrected chi connectivity index (χ1v) is 5.67. The molecule has 0 N–H and O–H groups in total. The Balaban J connectivity index is 2.37. The van der Waals surface area contributed by atoms with Crippen molar-refractivity contribution < 1.29 is 0 Å². The van der Waals surface area contributed by atoms with Gasteiger partial charge in [0.05, 0.1) is 0 Å². The van der Waals surface area contributed by atoms with Crippen molar-refractivity contribution in [3.8, 4) is 11.4 Å². The number of halogens is 1. The zero-order chi connectivity index (χ0) is 10.7. The molecule has 1 aromatic carbocycles. The third-order valence-corrected chi connectivity index (χ3v) is 2.68. The van der Waals surface area contributed by atoms with Gasteiger partial charge in [0, 0.05) is 11.8 Å². The number of hydrogen-bond donors (Lipinski definition) is 0. The number of aromatic nitrogens is 2. The first kappa shape index (κ1) is 10.3. The Morgan fingerprint density at radius 2 is 1.87 bits per heavy atom. The lowest BCUT2D eigenvalue weighted by Crippen LogP contribution is -1.89. The van der Waals surface area contributed by atoms with Crippen LogP contribution in [0, 0.1) is 0 Å². The molecule has 0 aliphatic heterocycles. The van der Waals surface area contributed by atoms with Gasteiger partial charge in [-0.15, -0.1) is 0 Å². The van der Waals surface area contributed by atoms with Crippen molar-refractivity contribution in [2.24, 2.45) is 0 Å². The third-order valence-electron chi connectivity index (χ3n) is 2.24. The molecule has 0 saturated heterocycles. The second-order valence-corrected chi connectivity index (χ2v) is 4.07. The van der Waals surface area contributed by atoms with Crippen LogP contribution in [-0.2, 0) is 6.42 Å². The van der Waals surface area contributed by atoms with Crippen LogP contribution in [0.5, 0.6) is 0 Å². The van der Waals surface area contributed by atoms with Gasteiger partial charge in [0.15, 0.2) is 5.82 Å². The summed E-state index contributed by atoms with van der Waals surface area (Å²) in [5.74, 6) is 0.757. The van der Waals surface area contributed by atoms with E-state index in [1.54, 1.807) is 6.20 Å². The zero-order valence-corrected chi connectivity index (χ0v) is 10.0. The first-order chi connectivity index (χ1) is 7.29. The van der Waals surface area contributed by atoms with Crippen LogP contribution in [0.3, 0.4) is 0 Å². The smallest absolute Gasteiger partial charge is 0.160 e. The summed E-state index contributed by atoms with van der Waals surface area (Å²) in [6.45, 7) is 2.14. The maximum atomic E-state index is 4.30. The summed E-state index contributed by atoms with van der Waals surface area (Å²) < 4.78 is 0.812. The lowest BCUT2D eigenvalue weighted by atomic mass is 10.1. The number of benzene rings is 1. The monoisotopic (exact) mass is 262 g/mol. The Morgan fingerprint density at radius 1 is 1.13 bits per heavy atom. The Morgan fingerprint density at radius 3 is 2.47 bits per heavy atom. The van der Waals surface area contributed by atoms with Crippen LogP contribution in [0.25, 0.3) is 11.4 Å². The summed E-state index contributed by atoms with van der Waals surface area (Å²) in [6.07, 6.45) is 2.81. The number of aryl methyl sites for hydroxylation is 1. The van der Waals surface area contributed by atoms with E-state index in [1.807, 2.05) is 6.07 Å². The summed E-state index contributed by atoms with van der Waals surface area (Å²) in [7, 11) is 0. The Hall–Kier alpha value is -1.22. The second kappa shape index (κ2) is 4.53. The predicted octanol–water partition coefficient (Wildman–Crippen LogP) is 3.47. The molecule has 0 bridgehead atoms. The van der Waals surface area contributed by atoms with E-state index >= 15 is 0 Å². The summed E-state index contributed by atoms with van der Waals surface area (Å²) >= 11 is 3.34. The summed E-state index contributed by atoms with van der Waals surface area (Å²) in [6, 6.07) is 10.2. The molecule has 15 heavy (non-hydrogen) atoms. The van der Waals surface area contributed by atoms with Crippen LogP contribution in [0.4, 0.5) is 0 Å². The molecule has 0 amide bonds. The minimum absolute atomic E-state index is 0.757. The van der Waals surface area contributed by atoms with Gasteiger partial charge in [-0.3, -0.25) is 0 Å². The normalized spacial score (nSPS) is 10.3. The van der Waals surface area contributed by atoms with Crippen LogP contribution in [0.15, 0.2) is 41.1 Å². The van der Waals surface area contributed by atoms with Gasteiger partial charge in [-0.05, 0) is 34.0 Å². The fraction of sp³-hybridized carbons (Fsp3) is 0.167. The molecule has 0 unspecified atom stereocenters. The summed E-state index contributed by atoms with van der Waals surface area (Å²) in [4.78, 5) is 8.53. The third kappa shape index (κ3) is 2.42. The molecule has 0 fully saturated rings. The molecule has 0 spiro atoms. The van der Waals surface area contributed by atoms with Crippen LogP contribution in [0.2, 0.25) is 0 Å². The predicted molar refractivity (Wildman–Crippen MR) is 64.5 cm³/mol. The molecular weight excluding hydrogens is 252 g/mol. The van der Waals surface area contributed by atoms with Gasteiger partial charge >= 0.3 is 0 Å². The van der Waals surface area contributed by atoms with E-state index in [0.717, 1.165) is 22.4 Å². The lowest BCUT2D eigenvalue weighted by Gasteiger charge is -2.01. The molecule has 0 aliphatic carbocycles. The molecule has 3 heteroatoms. The van der Waals surface area contributed by atoms with Gasteiger partial charge in [0.25, 0.3) is 0 Å². The summed E-state index contributed by atoms with van der Waals surface area (Å²) in [5.41, 5.74) is 2.38. The molecule has 2 nitrogen and oxygen atoms in total. The lowest BCUT2D eigenvalue weighted by molar-refractivity contribution is 1.13. The van der Waals surface area contributed by atoms with E-state index in [2.05, 4.69) is 57.1 Å². The fourth-order valence-corrected chi connectivity index (χ4v) is 1.65. The maximum absolute atomic E-state index is 4.30. The van der Waals surface area contributed by atoms with Gasteiger partial charge in [0.2, 0.25) is 0 Å². The van der Waals surface area contributed by atoms with Gasteiger partial charge in [-0.1, -0.05) is 31.2 Å². The van der Waals surface area contributed by atoms with Crippen molar-refractivity contribution in [1.29, 1.82) is 0 Å². The zero-order valence-electron chi connectivity index (χ0n) is 8.44. The van der Waals surface area contributed by atoms with E-state index in [9.17, 15) is 0 Å². The Bertz CT molecular complexity index is 451. The molecule has 1 heterocycles. The average Bonchev–Trinajstić information content (AvgIpc) is 2.29. The highest BCUT2D eigenvalue weighted by atomic mass is 79.9. The molecule has 1 aromatic heterocycles. The standard InChI is InChI=1S/C12H11BrN2/c1-2-9-3-5-10(6-4-9)12-14-8-7-11(13)15-12/h3-8H,2H2,1H3. The number of hydrogen-bond acceptors (Lipinski definition) is 2. The van der Waals surface area contributed by atoms with Gasteiger partial charge < -0.3 is 0 Å². The Kier molecular flexibility index (Phi) is 3.11. The van der Waals surface area contributed by atoms with Crippen LogP contribution < -0.4 is 0 Å². The average molecular weight is 263 g/mol. The molecule has 2 aromatic rings. The fourth-order valence-electron chi connectivity index (χ4n) is 1.37. The van der Waals surface area contributed by atoms with Crippen LogP contribution in [0.1, 0.15) is 12.5 Å². The van der Waals surface area contributed by atoms with Crippen molar-refractivity contribution in [2.75, 3.05) is 0 Å². The summed E-state index contributed by atoms with van der Waals surface area (Å²) in [5, 5.41) is 0. The second-order valence-electron chi connectivity index (χ2n) is 3.25. The molecule has 0 saturated carbocycles. The van der Waals surface area contributed by atoms with Crippen molar-refractivity contribution in [1.82, 2.24) is 9.97 Å². The van der Waals surface area contributed by atoms with Crippen molar-refractivity contribution >= 4 is 15.9 Å². The highest BCUT2D eigenvalue weighted by Crippen LogP contribution is 2.17. The van der Waals surface area contributed by atoms with Crippen molar-refractivity contribution in [2.45, 2.75) is 13.3 Å². The van der Waals surface area contributed by atoms with Gasteiger partial charge in [-0.25, -0.2) is 9.97 Å². The van der Waals surface area contributed by atoms with E-state index in [4.69, 9.17) is 0 Å². The highest BCUT2D eigenvalue weighted by Gasteiger charge is 2.00. The first-order valence-electron chi connectivity index (χ1n) is 4.87. The minimum Gasteiger partial charge on any atom is -0.237 e. The van der Waals surface area contributed by atoms with E-state index < -0.39 is 0 Å². The molecule has 76 valence electrons. The largest absolute Gasteiger partial charge is 0.237 e. The quantitative estimate of drug-likeness (QED) is 0.775. The maximum Gasteiger partial charge on any atom is 0.160 e. The molecule has 0 aliphatic rings. The molecular formula is C12H11BrN2. The highest BCUT2D eigenvalue weighted by molar-refractivity contribution is 9.10. The van der Waals surface area contributed by atoms with E-state index in [1.165, 1.54) is 5.56 Å². The topological polar surface area (TPSA) is 25.8 Å². The number of rotatable bonds is 2. The van der Waals surface area contributed by atoms with Crippen molar-refractivity contribution in [3.05, 3.63) is 46.7 Å². The molecule has 2 rings (SSSR count). The minimum atomic E-state index is 0.757. The van der Waals surface area contributed by atoms with Gasteiger partial charge in [0.1, 0.15) is 4.60 Å². The van der Waals surface area contributed by atoms with E-state index in [0.29, 0.717) is 0 Å². The van der Waals surface area contributed by atoms with E-state index in [-0.39, 0.29) is 0 Å². The number of nitrogens with zero attached hydrogens (tertiary/aromatic N) is 2.